The fourth-order valence-corrected chi connectivity index (χ4v) is 6.95. The topological polar surface area (TPSA) is 43.8 Å². The Morgan fingerprint density at radius 3 is 2.44 bits per heavy atom. The number of piperidine rings is 3. The highest BCUT2D eigenvalue weighted by Gasteiger charge is 2.50. The van der Waals surface area contributed by atoms with E-state index in [1.807, 2.05) is 4.90 Å². The molecule has 1 N–H and O–H groups in total. The van der Waals surface area contributed by atoms with Crippen LogP contribution in [-0.4, -0.2) is 46.7 Å². The SMILES string of the molecule is CCCCc1ccc(-c2cc3c(cc2C)[C@H](N(C(=O)O)[C@@H]2CN4CCC2CC4)C(C)(C)C3)cc1. The maximum atomic E-state index is 12.7. The number of hydrogen-bond acceptors (Lipinski definition) is 2. The second-order valence-corrected chi connectivity index (χ2v) is 11.6. The zero-order valence-corrected chi connectivity index (χ0v) is 21.3. The molecule has 0 aromatic heterocycles. The molecule has 4 heteroatoms. The number of nitrogens with zero attached hydrogens (tertiary/aromatic N) is 2. The first kappa shape index (κ1) is 23.4. The molecule has 0 saturated carbocycles. The molecule has 0 spiro atoms. The highest BCUT2D eigenvalue weighted by Crippen LogP contribution is 2.52. The Bertz CT molecular complexity index is 1050. The lowest BCUT2D eigenvalue weighted by atomic mass is 9.79. The molecule has 34 heavy (non-hydrogen) atoms. The molecular formula is C30H40N2O2. The first-order valence-corrected chi connectivity index (χ1v) is 13.2. The van der Waals surface area contributed by atoms with E-state index in [1.54, 1.807) is 0 Å². The van der Waals surface area contributed by atoms with Crippen molar-refractivity contribution in [3.63, 3.8) is 0 Å². The van der Waals surface area contributed by atoms with Crippen molar-refractivity contribution in [1.29, 1.82) is 0 Å². The number of amides is 1. The van der Waals surface area contributed by atoms with Gasteiger partial charge in [0.05, 0.1) is 12.1 Å². The van der Waals surface area contributed by atoms with Gasteiger partial charge in [-0.15, -0.1) is 0 Å². The summed E-state index contributed by atoms with van der Waals surface area (Å²) < 4.78 is 0. The number of benzene rings is 2. The second-order valence-electron chi connectivity index (χ2n) is 11.6. The lowest BCUT2D eigenvalue weighted by Gasteiger charge is -2.51. The monoisotopic (exact) mass is 460 g/mol. The van der Waals surface area contributed by atoms with Crippen LogP contribution in [0, 0.1) is 18.3 Å². The molecule has 3 fully saturated rings. The number of rotatable bonds is 6. The summed E-state index contributed by atoms with van der Waals surface area (Å²) in [5.41, 5.74) is 7.60. The molecule has 3 heterocycles. The molecule has 6 rings (SSSR count). The van der Waals surface area contributed by atoms with E-state index in [0.29, 0.717) is 5.92 Å². The van der Waals surface area contributed by atoms with E-state index in [0.717, 1.165) is 45.3 Å². The maximum Gasteiger partial charge on any atom is 0.408 e. The average Bonchev–Trinajstić information content (AvgIpc) is 3.07. The van der Waals surface area contributed by atoms with Gasteiger partial charge in [-0.1, -0.05) is 63.6 Å². The zero-order valence-electron chi connectivity index (χ0n) is 21.3. The summed E-state index contributed by atoms with van der Waals surface area (Å²) in [5.74, 6) is 0.493. The lowest BCUT2D eigenvalue weighted by Crippen LogP contribution is -2.60. The van der Waals surface area contributed by atoms with Crippen LogP contribution in [0.5, 0.6) is 0 Å². The Labute approximate surface area is 205 Å². The fourth-order valence-electron chi connectivity index (χ4n) is 6.95. The molecular weight excluding hydrogens is 420 g/mol. The van der Waals surface area contributed by atoms with Crippen LogP contribution in [0.1, 0.15) is 74.8 Å². The van der Waals surface area contributed by atoms with Crippen molar-refractivity contribution < 1.29 is 9.90 Å². The lowest BCUT2D eigenvalue weighted by molar-refractivity contribution is -0.0267. The normalized spacial score (nSPS) is 26.9. The quantitative estimate of drug-likeness (QED) is 0.521. The van der Waals surface area contributed by atoms with Gasteiger partial charge < -0.3 is 10.0 Å². The first-order chi connectivity index (χ1) is 16.3. The molecule has 2 bridgehead atoms. The summed E-state index contributed by atoms with van der Waals surface area (Å²) in [6.07, 6.45) is 6.00. The molecule has 182 valence electrons. The van der Waals surface area contributed by atoms with Crippen molar-refractivity contribution in [2.75, 3.05) is 19.6 Å². The van der Waals surface area contributed by atoms with Gasteiger partial charge in [0.25, 0.3) is 0 Å². The molecule has 0 radical (unpaired) electrons. The molecule has 3 aliphatic heterocycles. The summed E-state index contributed by atoms with van der Waals surface area (Å²) in [6, 6.07) is 13.7. The fraction of sp³-hybridized carbons (Fsp3) is 0.567. The van der Waals surface area contributed by atoms with Gasteiger partial charge in [-0.05, 0) is 96.8 Å². The third kappa shape index (κ3) is 4.15. The van der Waals surface area contributed by atoms with E-state index >= 15 is 0 Å². The van der Waals surface area contributed by atoms with Gasteiger partial charge >= 0.3 is 6.09 Å². The van der Waals surface area contributed by atoms with E-state index in [4.69, 9.17) is 0 Å². The van der Waals surface area contributed by atoms with Gasteiger partial charge in [-0.2, -0.15) is 0 Å². The highest BCUT2D eigenvalue weighted by atomic mass is 16.4. The molecule has 0 unspecified atom stereocenters. The van der Waals surface area contributed by atoms with Gasteiger partial charge in [-0.25, -0.2) is 4.79 Å². The smallest absolute Gasteiger partial charge is 0.408 e. The van der Waals surface area contributed by atoms with Crippen molar-refractivity contribution in [3.8, 4) is 11.1 Å². The van der Waals surface area contributed by atoms with Crippen LogP contribution in [0.15, 0.2) is 36.4 Å². The van der Waals surface area contributed by atoms with Crippen LogP contribution in [-0.2, 0) is 12.8 Å². The van der Waals surface area contributed by atoms with E-state index in [1.165, 1.54) is 46.2 Å². The van der Waals surface area contributed by atoms with E-state index in [2.05, 4.69) is 69.0 Å². The van der Waals surface area contributed by atoms with Gasteiger partial charge in [0, 0.05) is 6.54 Å². The number of carboxylic acid groups (broad SMARTS) is 1. The van der Waals surface area contributed by atoms with Crippen LogP contribution in [0.25, 0.3) is 11.1 Å². The van der Waals surface area contributed by atoms with Crippen molar-refractivity contribution >= 4 is 6.09 Å². The van der Waals surface area contributed by atoms with E-state index in [-0.39, 0.29) is 17.5 Å². The van der Waals surface area contributed by atoms with Crippen LogP contribution >= 0.6 is 0 Å². The van der Waals surface area contributed by atoms with Gasteiger partial charge in [0.1, 0.15) is 0 Å². The largest absolute Gasteiger partial charge is 0.465 e. The Balaban J connectivity index is 1.49. The number of hydrogen-bond donors (Lipinski definition) is 1. The Morgan fingerprint density at radius 1 is 1.15 bits per heavy atom. The van der Waals surface area contributed by atoms with Crippen molar-refractivity contribution in [3.05, 3.63) is 58.7 Å². The third-order valence-electron chi connectivity index (χ3n) is 8.73. The molecule has 2 aromatic rings. The predicted molar refractivity (Wildman–Crippen MR) is 138 cm³/mol. The van der Waals surface area contributed by atoms with Gasteiger partial charge in [0.15, 0.2) is 0 Å². The number of carbonyl (C=O) groups is 1. The summed E-state index contributed by atoms with van der Waals surface area (Å²) >= 11 is 0. The second kappa shape index (κ2) is 9.03. The minimum Gasteiger partial charge on any atom is -0.465 e. The van der Waals surface area contributed by atoms with Gasteiger partial charge in [0.2, 0.25) is 0 Å². The predicted octanol–water partition coefficient (Wildman–Crippen LogP) is 6.70. The molecule has 2 aromatic carbocycles. The molecule has 2 atom stereocenters. The number of aryl methyl sites for hydroxylation is 2. The Hall–Kier alpha value is -2.33. The van der Waals surface area contributed by atoms with Gasteiger partial charge in [-0.3, -0.25) is 4.90 Å². The molecule has 1 aliphatic carbocycles. The third-order valence-corrected chi connectivity index (χ3v) is 8.73. The summed E-state index contributed by atoms with van der Waals surface area (Å²) in [6.45, 7) is 12.1. The standard InChI is InChI=1S/C30H40N2O2/c1-5-6-7-21-8-10-22(11-9-21)25-17-24-18-30(3,4)28(26(24)16-20(25)2)32(29(33)34)27-19-31-14-12-23(27)13-15-31/h8-11,16-17,23,27-28H,5-7,12-15,18-19H2,1-4H3,(H,33,34)/t27-,28+/m1/s1. The van der Waals surface area contributed by atoms with Crippen LogP contribution < -0.4 is 0 Å². The van der Waals surface area contributed by atoms with E-state index < -0.39 is 6.09 Å². The van der Waals surface area contributed by atoms with E-state index in [9.17, 15) is 9.90 Å². The number of fused-ring (bicyclic) bond motifs is 4. The van der Waals surface area contributed by atoms with Crippen LogP contribution in [0.4, 0.5) is 4.79 Å². The Morgan fingerprint density at radius 2 is 1.85 bits per heavy atom. The summed E-state index contributed by atoms with van der Waals surface area (Å²) in [5, 5.41) is 10.5. The summed E-state index contributed by atoms with van der Waals surface area (Å²) in [4.78, 5) is 17.1. The minimum absolute atomic E-state index is 0.0882. The maximum absolute atomic E-state index is 12.7. The molecule has 3 saturated heterocycles. The van der Waals surface area contributed by atoms with Crippen molar-refractivity contribution in [2.24, 2.45) is 11.3 Å². The molecule has 1 amide bonds. The summed E-state index contributed by atoms with van der Waals surface area (Å²) in [7, 11) is 0. The molecule has 4 aliphatic rings. The average molecular weight is 461 g/mol. The highest BCUT2D eigenvalue weighted by molar-refractivity contribution is 5.71. The first-order valence-electron chi connectivity index (χ1n) is 13.2. The van der Waals surface area contributed by atoms with Crippen molar-refractivity contribution in [2.45, 2.75) is 78.3 Å². The van der Waals surface area contributed by atoms with Crippen molar-refractivity contribution in [1.82, 2.24) is 9.80 Å². The van der Waals surface area contributed by atoms with Crippen LogP contribution in [0.3, 0.4) is 0 Å². The Kier molecular flexibility index (Phi) is 6.22. The zero-order chi connectivity index (χ0) is 24.0. The number of unbranched alkanes of at least 4 members (excludes halogenated alkanes) is 1. The van der Waals surface area contributed by atoms with Crippen LogP contribution in [0.2, 0.25) is 0 Å². The minimum atomic E-state index is -0.755. The molecule has 4 nitrogen and oxygen atoms in total.